The number of sulfone groups is 1. The van der Waals surface area contributed by atoms with Crippen molar-refractivity contribution in [1.29, 1.82) is 0 Å². The molecule has 7 nitrogen and oxygen atoms in total. The molecule has 146 valence electrons. The molecule has 1 aliphatic heterocycles. The van der Waals surface area contributed by atoms with Crippen LogP contribution in [0.2, 0.25) is 5.02 Å². The molecule has 0 bridgehead atoms. The molecule has 0 saturated carbocycles. The van der Waals surface area contributed by atoms with Crippen molar-refractivity contribution >= 4 is 38.3 Å². The van der Waals surface area contributed by atoms with Crippen molar-refractivity contribution in [3.63, 3.8) is 0 Å². The van der Waals surface area contributed by atoms with E-state index in [4.69, 9.17) is 11.6 Å². The SMILES string of the molecule is O=S1(=O)CC[C@@H](Nc2ncnc3c2cnn3-c2ccccc2)c2cc(Cl)ccc21. The van der Waals surface area contributed by atoms with Crippen LogP contribution < -0.4 is 5.32 Å². The Kier molecular flexibility index (Phi) is 4.25. The van der Waals surface area contributed by atoms with Crippen molar-refractivity contribution in [3.05, 3.63) is 71.6 Å². The molecule has 0 aliphatic carbocycles. The molecule has 2 aromatic heterocycles. The van der Waals surface area contributed by atoms with Crippen LogP contribution in [0.4, 0.5) is 5.82 Å². The summed E-state index contributed by atoms with van der Waals surface area (Å²) >= 11 is 6.14. The van der Waals surface area contributed by atoms with Gasteiger partial charge in [0.05, 0.1) is 34.0 Å². The molecule has 29 heavy (non-hydrogen) atoms. The molecule has 1 atom stereocenters. The van der Waals surface area contributed by atoms with Crippen molar-refractivity contribution in [2.24, 2.45) is 0 Å². The monoisotopic (exact) mass is 425 g/mol. The van der Waals surface area contributed by atoms with Gasteiger partial charge in [0.15, 0.2) is 15.5 Å². The molecule has 9 heteroatoms. The lowest BCUT2D eigenvalue weighted by Gasteiger charge is -2.27. The zero-order valence-corrected chi connectivity index (χ0v) is 16.7. The molecule has 0 saturated heterocycles. The average molecular weight is 426 g/mol. The van der Waals surface area contributed by atoms with Gasteiger partial charge in [0.25, 0.3) is 0 Å². The third-order valence-electron chi connectivity index (χ3n) is 5.04. The van der Waals surface area contributed by atoms with Crippen molar-refractivity contribution in [3.8, 4) is 5.69 Å². The van der Waals surface area contributed by atoms with Crippen molar-refractivity contribution in [2.75, 3.05) is 11.1 Å². The van der Waals surface area contributed by atoms with Crippen LogP contribution in [0.5, 0.6) is 0 Å². The Morgan fingerprint density at radius 2 is 1.93 bits per heavy atom. The summed E-state index contributed by atoms with van der Waals surface area (Å²) in [5.74, 6) is 0.670. The van der Waals surface area contributed by atoms with Crippen LogP contribution in [0.3, 0.4) is 0 Å². The summed E-state index contributed by atoms with van der Waals surface area (Å²) in [5, 5.41) is 9.10. The molecule has 0 amide bonds. The van der Waals surface area contributed by atoms with Crippen molar-refractivity contribution in [1.82, 2.24) is 19.7 Å². The summed E-state index contributed by atoms with van der Waals surface area (Å²) in [6.07, 6.45) is 3.61. The number of hydrogen-bond acceptors (Lipinski definition) is 6. The predicted octanol–water partition coefficient (Wildman–Crippen LogP) is 3.80. The minimum absolute atomic E-state index is 0.0663. The zero-order chi connectivity index (χ0) is 20.0. The second-order valence-electron chi connectivity index (χ2n) is 6.84. The van der Waals surface area contributed by atoms with Gasteiger partial charge in [-0.3, -0.25) is 0 Å². The summed E-state index contributed by atoms with van der Waals surface area (Å²) in [5.41, 5.74) is 2.22. The average Bonchev–Trinajstić information content (AvgIpc) is 3.16. The minimum Gasteiger partial charge on any atom is -0.362 e. The van der Waals surface area contributed by atoms with E-state index >= 15 is 0 Å². The Labute approximate surface area is 172 Å². The fraction of sp³-hybridized carbons (Fsp3) is 0.150. The molecule has 0 radical (unpaired) electrons. The Morgan fingerprint density at radius 3 is 2.76 bits per heavy atom. The van der Waals surface area contributed by atoms with E-state index in [0.29, 0.717) is 33.4 Å². The number of fused-ring (bicyclic) bond motifs is 2. The van der Waals surface area contributed by atoms with Gasteiger partial charge in [-0.25, -0.2) is 23.1 Å². The Hall–Kier alpha value is -2.97. The van der Waals surface area contributed by atoms with Gasteiger partial charge in [-0.05, 0) is 42.3 Å². The first-order valence-corrected chi connectivity index (χ1v) is 11.1. The van der Waals surface area contributed by atoms with Crippen molar-refractivity contribution < 1.29 is 8.42 Å². The summed E-state index contributed by atoms with van der Waals surface area (Å²) in [4.78, 5) is 9.08. The summed E-state index contributed by atoms with van der Waals surface area (Å²) in [6, 6.07) is 14.4. The number of anilines is 1. The van der Waals surface area contributed by atoms with Gasteiger partial charge < -0.3 is 5.32 Å². The highest BCUT2D eigenvalue weighted by Crippen LogP contribution is 2.36. The number of rotatable bonds is 3. The lowest BCUT2D eigenvalue weighted by Crippen LogP contribution is -2.25. The van der Waals surface area contributed by atoms with E-state index in [2.05, 4.69) is 20.4 Å². The van der Waals surface area contributed by atoms with Gasteiger partial charge >= 0.3 is 0 Å². The topological polar surface area (TPSA) is 89.8 Å². The maximum Gasteiger partial charge on any atom is 0.178 e. The van der Waals surface area contributed by atoms with Crippen LogP contribution in [-0.4, -0.2) is 33.9 Å². The van der Waals surface area contributed by atoms with Crippen LogP contribution in [0.15, 0.2) is 66.0 Å². The minimum atomic E-state index is -3.31. The first-order valence-electron chi connectivity index (χ1n) is 9.06. The van der Waals surface area contributed by atoms with Gasteiger partial charge in [-0.15, -0.1) is 0 Å². The Morgan fingerprint density at radius 1 is 1.10 bits per heavy atom. The first-order chi connectivity index (χ1) is 14.0. The van der Waals surface area contributed by atoms with Gasteiger partial charge in [0.1, 0.15) is 12.1 Å². The smallest absolute Gasteiger partial charge is 0.178 e. The van der Waals surface area contributed by atoms with Gasteiger partial charge in [-0.2, -0.15) is 5.10 Å². The third-order valence-corrected chi connectivity index (χ3v) is 7.09. The predicted molar refractivity (Wildman–Crippen MR) is 111 cm³/mol. The quantitative estimate of drug-likeness (QED) is 0.537. The number of hydrogen-bond donors (Lipinski definition) is 1. The number of aromatic nitrogens is 4. The maximum absolute atomic E-state index is 12.4. The summed E-state index contributed by atoms with van der Waals surface area (Å²) in [6.45, 7) is 0. The molecule has 2 aromatic carbocycles. The zero-order valence-electron chi connectivity index (χ0n) is 15.2. The fourth-order valence-electron chi connectivity index (χ4n) is 3.65. The van der Waals surface area contributed by atoms with E-state index in [9.17, 15) is 8.42 Å². The second kappa shape index (κ2) is 6.82. The standard InChI is InChI=1S/C20H16ClN5O2S/c21-13-6-7-18-15(10-13)17(8-9-29(18,27)28)25-19-16-11-24-26(20(16)23-12-22-19)14-4-2-1-3-5-14/h1-7,10-12,17H,8-9H2,(H,22,23,25)/t17-/m1/s1. The van der Waals surface area contributed by atoms with E-state index in [1.807, 2.05) is 30.3 Å². The van der Waals surface area contributed by atoms with E-state index in [1.165, 1.54) is 6.33 Å². The van der Waals surface area contributed by atoms with Crippen LogP contribution in [-0.2, 0) is 9.84 Å². The van der Waals surface area contributed by atoms with Crippen LogP contribution >= 0.6 is 11.6 Å². The van der Waals surface area contributed by atoms with Crippen molar-refractivity contribution in [2.45, 2.75) is 17.4 Å². The van der Waals surface area contributed by atoms with E-state index < -0.39 is 9.84 Å². The number of nitrogens with zero attached hydrogens (tertiary/aromatic N) is 4. The van der Waals surface area contributed by atoms with E-state index in [1.54, 1.807) is 29.1 Å². The maximum atomic E-state index is 12.4. The lowest BCUT2D eigenvalue weighted by molar-refractivity contribution is 0.576. The number of para-hydroxylation sites is 1. The Balaban J connectivity index is 1.57. The lowest BCUT2D eigenvalue weighted by atomic mass is 10.0. The molecule has 5 rings (SSSR count). The molecule has 4 aromatic rings. The molecule has 0 spiro atoms. The van der Waals surface area contributed by atoms with Crippen LogP contribution in [0, 0.1) is 0 Å². The summed E-state index contributed by atoms with van der Waals surface area (Å²) in [7, 11) is -3.31. The molecular weight excluding hydrogens is 410 g/mol. The second-order valence-corrected chi connectivity index (χ2v) is 9.35. The molecule has 1 aliphatic rings. The molecule has 0 fully saturated rings. The fourth-order valence-corrected chi connectivity index (χ4v) is 5.43. The number of halogens is 1. The first kappa shape index (κ1) is 18.1. The molecular formula is C20H16ClN5O2S. The number of benzene rings is 2. The molecule has 3 heterocycles. The molecule has 0 unspecified atom stereocenters. The number of nitrogens with one attached hydrogen (secondary N) is 1. The van der Waals surface area contributed by atoms with Crippen LogP contribution in [0.25, 0.3) is 16.7 Å². The Bertz CT molecular complexity index is 1320. The van der Waals surface area contributed by atoms with Gasteiger partial charge in [0, 0.05) is 5.02 Å². The highest BCUT2D eigenvalue weighted by atomic mass is 35.5. The largest absolute Gasteiger partial charge is 0.362 e. The summed E-state index contributed by atoms with van der Waals surface area (Å²) < 4.78 is 26.6. The normalized spacial score (nSPS) is 17.8. The van der Waals surface area contributed by atoms with Crippen LogP contribution in [0.1, 0.15) is 18.0 Å². The van der Waals surface area contributed by atoms with E-state index in [-0.39, 0.29) is 11.8 Å². The van der Waals surface area contributed by atoms with E-state index in [0.717, 1.165) is 11.1 Å². The highest BCUT2D eigenvalue weighted by molar-refractivity contribution is 7.91. The molecule has 1 N–H and O–H groups in total. The van der Waals surface area contributed by atoms with Gasteiger partial charge in [-0.1, -0.05) is 29.8 Å². The third kappa shape index (κ3) is 3.14. The highest BCUT2D eigenvalue weighted by Gasteiger charge is 2.31. The van der Waals surface area contributed by atoms with Gasteiger partial charge in [0.2, 0.25) is 0 Å².